The lowest BCUT2D eigenvalue weighted by Crippen LogP contribution is -2.26. The van der Waals surface area contributed by atoms with Gasteiger partial charge < -0.3 is 15.2 Å². The number of hydrogen-bond donors (Lipinski definition) is 2. The number of aryl methyl sites for hydroxylation is 1. The average molecular weight is 328 g/mol. The molecule has 2 heterocycles. The Labute approximate surface area is 142 Å². The fourth-order valence-corrected chi connectivity index (χ4v) is 2.36. The number of rotatable bonds is 8. The predicted molar refractivity (Wildman–Crippen MR) is 92.8 cm³/mol. The Bertz CT molecular complexity index is 674. The molecule has 0 spiro atoms. The van der Waals surface area contributed by atoms with Crippen LogP contribution in [-0.2, 0) is 4.74 Å². The maximum absolute atomic E-state index is 10.1. The van der Waals surface area contributed by atoms with Crippen LogP contribution in [0.4, 0.5) is 5.82 Å². The normalized spacial score (nSPS) is 15.3. The van der Waals surface area contributed by atoms with Crippen LogP contribution in [-0.4, -0.2) is 45.9 Å². The average Bonchev–Trinajstić information content (AvgIpc) is 3.41. The molecule has 24 heavy (non-hydrogen) atoms. The zero-order valence-corrected chi connectivity index (χ0v) is 14.2. The van der Waals surface area contributed by atoms with E-state index in [9.17, 15) is 5.11 Å². The first-order valence-corrected chi connectivity index (χ1v) is 8.39. The number of hydrogen-bond acceptors (Lipinski definition) is 6. The number of nitrogens with one attached hydrogen (secondary N) is 1. The van der Waals surface area contributed by atoms with Gasteiger partial charge in [-0.05, 0) is 44.7 Å². The van der Waals surface area contributed by atoms with Crippen LogP contribution < -0.4 is 5.32 Å². The van der Waals surface area contributed by atoms with Crippen LogP contribution in [0.1, 0.15) is 24.1 Å². The first-order chi connectivity index (χ1) is 11.6. The number of aromatic nitrogens is 3. The number of ether oxygens (including phenoxy) is 1. The van der Waals surface area contributed by atoms with Crippen molar-refractivity contribution in [3.8, 4) is 11.4 Å². The molecule has 0 saturated heterocycles. The van der Waals surface area contributed by atoms with E-state index in [0.717, 1.165) is 29.2 Å². The van der Waals surface area contributed by atoms with Gasteiger partial charge in [0, 0.05) is 42.4 Å². The summed E-state index contributed by atoms with van der Waals surface area (Å²) in [6.07, 6.45) is 5.41. The molecule has 1 aliphatic rings. The van der Waals surface area contributed by atoms with Crippen molar-refractivity contribution >= 4 is 5.82 Å². The summed E-state index contributed by atoms with van der Waals surface area (Å²) >= 11 is 0. The van der Waals surface area contributed by atoms with E-state index in [4.69, 9.17) is 4.74 Å². The molecule has 1 saturated carbocycles. The molecular formula is C18H24N4O2. The monoisotopic (exact) mass is 328 g/mol. The van der Waals surface area contributed by atoms with Crippen molar-refractivity contribution in [1.82, 2.24) is 15.0 Å². The highest BCUT2D eigenvalue weighted by molar-refractivity contribution is 5.59. The predicted octanol–water partition coefficient (Wildman–Crippen LogP) is 2.35. The van der Waals surface area contributed by atoms with Gasteiger partial charge in [-0.3, -0.25) is 4.98 Å². The summed E-state index contributed by atoms with van der Waals surface area (Å²) in [6, 6.07) is 3.77. The Morgan fingerprint density at radius 2 is 2.00 bits per heavy atom. The van der Waals surface area contributed by atoms with E-state index < -0.39 is 6.10 Å². The molecule has 6 nitrogen and oxygen atoms in total. The molecule has 0 amide bonds. The minimum Gasteiger partial charge on any atom is -0.389 e. The zero-order valence-electron chi connectivity index (χ0n) is 14.2. The number of aliphatic hydroxyl groups is 1. The molecule has 0 bridgehead atoms. The smallest absolute Gasteiger partial charge is 0.161 e. The Morgan fingerprint density at radius 1 is 1.25 bits per heavy atom. The molecule has 128 valence electrons. The maximum atomic E-state index is 10.1. The van der Waals surface area contributed by atoms with Gasteiger partial charge in [-0.25, -0.2) is 9.97 Å². The summed E-state index contributed by atoms with van der Waals surface area (Å²) in [5.41, 5.74) is 2.82. The van der Waals surface area contributed by atoms with Gasteiger partial charge in [0.15, 0.2) is 5.82 Å². The molecule has 2 aromatic rings. The third-order valence-corrected chi connectivity index (χ3v) is 4.19. The van der Waals surface area contributed by atoms with Crippen LogP contribution >= 0.6 is 0 Å². The van der Waals surface area contributed by atoms with Crippen LogP contribution in [0.2, 0.25) is 0 Å². The molecular weight excluding hydrogens is 304 g/mol. The second-order valence-corrected chi connectivity index (χ2v) is 6.36. The molecule has 0 aromatic carbocycles. The molecule has 0 radical (unpaired) electrons. The second kappa shape index (κ2) is 7.68. The van der Waals surface area contributed by atoms with Crippen molar-refractivity contribution in [2.24, 2.45) is 5.92 Å². The van der Waals surface area contributed by atoms with Gasteiger partial charge in [0.2, 0.25) is 0 Å². The number of nitrogens with zero attached hydrogens (tertiary/aromatic N) is 3. The van der Waals surface area contributed by atoms with Crippen LogP contribution in [0.25, 0.3) is 11.4 Å². The maximum Gasteiger partial charge on any atom is 0.161 e. The lowest BCUT2D eigenvalue weighted by Gasteiger charge is -2.15. The standard InChI is InChI=1S/C18H24N4O2/c1-12-13(2)21-18(15-5-7-19-8-6-15)22-17(12)20-9-16(23)11-24-10-14-3-4-14/h5-8,14,16,23H,3-4,9-11H2,1-2H3,(H,20,21,22). The zero-order chi connectivity index (χ0) is 16.9. The summed E-state index contributed by atoms with van der Waals surface area (Å²) in [6.45, 7) is 5.45. The molecule has 1 atom stereocenters. The third kappa shape index (κ3) is 4.49. The van der Waals surface area contributed by atoms with E-state index in [-0.39, 0.29) is 0 Å². The largest absolute Gasteiger partial charge is 0.389 e. The molecule has 1 fully saturated rings. The lowest BCUT2D eigenvalue weighted by molar-refractivity contribution is 0.0385. The Kier molecular flexibility index (Phi) is 5.37. The summed E-state index contributed by atoms with van der Waals surface area (Å²) in [5, 5.41) is 13.3. The first kappa shape index (κ1) is 16.8. The fraction of sp³-hybridized carbons (Fsp3) is 0.500. The third-order valence-electron chi connectivity index (χ3n) is 4.19. The summed E-state index contributed by atoms with van der Waals surface area (Å²) in [5.74, 6) is 2.11. The van der Waals surface area contributed by atoms with E-state index in [1.165, 1.54) is 12.8 Å². The van der Waals surface area contributed by atoms with Crippen molar-refractivity contribution in [2.75, 3.05) is 25.1 Å². The molecule has 1 unspecified atom stereocenters. The Hall–Kier alpha value is -2.05. The van der Waals surface area contributed by atoms with Crippen LogP contribution in [0, 0.1) is 19.8 Å². The highest BCUT2D eigenvalue weighted by Gasteiger charge is 2.21. The van der Waals surface area contributed by atoms with Gasteiger partial charge in [-0.1, -0.05) is 0 Å². The molecule has 1 aliphatic carbocycles. The lowest BCUT2D eigenvalue weighted by atomic mass is 10.2. The molecule has 6 heteroatoms. The highest BCUT2D eigenvalue weighted by atomic mass is 16.5. The fourth-order valence-electron chi connectivity index (χ4n) is 2.36. The van der Waals surface area contributed by atoms with Crippen molar-refractivity contribution in [3.05, 3.63) is 35.8 Å². The second-order valence-electron chi connectivity index (χ2n) is 6.36. The van der Waals surface area contributed by atoms with E-state index >= 15 is 0 Å². The Balaban J connectivity index is 1.62. The van der Waals surface area contributed by atoms with E-state index in [1.54, 1.807) is 12.4 Å². The SMILES string of the molecule is Cc1nc(-c2ccncc2)nc(NCC(O)COCC2CC2)c1C. The van der Waals surface area contributed by atoms with E-state index in [0.29, 0.717) is 24.9 Å². The van der Waals surface area contributed by atoms with Gasteiger partial charge in [0.1, 0.15) is 5.82 Å². The van der Waals surface area contributed by atoms with Gasteiger partial charge in [0.25, 0.3) is 0 Å². The van der Waals surface area contributed by atoms with Crippen LogP contribution in [0.15, 0.2) is 24.5 Å². The summed E-state index contributed by atoms with van der Waals surface area (Å²) in [7, 11) is 0. The van der Waals surface area contributed by atoms with Crippen molar-refractivity contribution in [1.29, 1.82) is 0 Å². The van der Waals surface area contributed by atoms with Gasteiger partial charge in [0.05, 0.1) is 12.7 Å². The molecule has 0 aliphatic heterocycles. The van der Waals surface area contributed by atoms with Crippen LogP contribution in [0.5, 0.6) is 0 Å². The molecule has 2 N–H and O–H groups in total. The van der Waals surface area contributed by atoms with Crippen LogP contribution in [0.3, 0.4) is 0 Å². The summed E-state index contributed by atoms with van der Waals surface area (Å²) in [4.78, 5) is 13.2. The van der Waals surface area contributed by atoms with E-state index in [1.807, 2.05) is 26.0 Å². The quantitative estimate of drug-likeness (QED) is 0.774. The highest BCUT2D eigenvalue weighted by Crippen LogP contribution is 2.28. The first-order valence-electron chi connectivity index (χ1n) is 8.39. The number of aliphatic hydroxyl groups excluding tert-OH is 1. The van der Waals surface area contributed by atoms with Gasteiger partial charge in [-0.15, -0.1) is 0 Å². The van der Waals surface area contributed by atoms with Crippen molar-refractivity contribution in [3.63, 3.8) is 0 Å². The van der Waals surface area contributed by atoms with Gasteiger partial charge in [-0.2, -0.15) is 0 Å². The number of anilines is 1. The molecule has 3 rings (SSSR count). The minimum absolute atomic E-state index is 0.351. The minimum atomic E-state index is -0.553. The van der Waals surface area contributed by atoms with Crippen molar-refractivity contribution < 1.29 is 9.84 Å². The molecule has 2 aromatic heterocycles. The topological polar surface area (TPSA) is 80.2 Å². The summed E-state index contributed by atoms with van der Waals surface area (Å²) < 4.78 is 5.53. The van der Waals surface area contributed by atoms with Gasteiger partial charge >= 0.3 is 0 Å². The van der Waals surface area contributed by atoms with Crippen molar-refractivity contribution in [2.45, 2.75) is 32.8 Å². The van der Waals surface area contributed by atoms with E-state index in [2.05, 4.69) is 20.3 Å². The number of pyridine rings is 1. The Morgan fingerprint density at radius 3 is 2.71 bits per heavy atom.